The van der Waals surface area contributed by atoms with Crippen molar-refractivity contribution < 1.29 is 14.3 Å². The van der Waals surface area contributed by atoms with Crippen LogP contribution in [-0.4, -0.2) is 16.1 Å². The van der Waals surface area contributed by atoms with Crippen LogP contribution < -0.4 is 0 Å². The molecule has 0 aliphatic heterocycles. The number of aromatic nitrogens is 1. The standard InChI is InChI=1S/C14H10FNO2/c15-12-6-2-1-4-10(12)8-9-11-5-3-7-13(16-11)14(17)18/h1-9H,(H,17,18). The number of carboxylic acid groups (broad SMARTS) is 1. The van der Waals surface area contributed by atoms with Crippen LogP contribution >= 0.6 is 0 Å². The summed E-state index contributed by atoms with van der Waals surface area (Å²) in [4.78, 5) is 14.6. The topological polar surface area (TPSA) is 50.2 Å². The van der Waals surface area contributed by atoms with E-state index in [1.807, 2.05) is 0 Å². The minimum Gasteiger partial charge on any atom is -0.477 e. The SMILES string of the molecule is O=C(O)c1cccc(C=Cc2ccccc2F)n1. The predicted molar refractivity (Wildman–Crippen MR) is 66.5 cm³/mol. The van der Waals surface area contributed by atoms with E-state index in [2.05, 4.69) is 4.98 Å². The molecule has 1 heterocycles. The number of pyridine rings is 1. The molecule has 0 amide bonds. The first-order valence-electron chi connectivity index (χ1n) is 5.30. The van der Waals surface area contributed by atoms with Crippen molar-refractivity contribution in [2.45, 2.75) is 0 Å². The average molecular weight is 243 g/mol. The van der Waals surface area contributed by atoms with Crippen LogP contribution in [0.4, 0.5) is 4.39 Å². The molecular formula is C14H10FNO2. The Morgan fingerprint density at radius 1 is 1.11 bits per heavy atom. The number of nitrogens with zero attached hydrogens (tertiary/aromatic N) is 1. The first-order valence-corrected chi connectivity index (χ1v) is 5.30. The highest BCUT2D eigenvalue weighted by molar-refractivity contribution is 5.85. The Labute approximate surface area is 103 Å². The molecule has 0 saturated carbocycles. The Balaban J connectivity index is 2.27. The van der Waals surface area contributed by atoms with Crippen LogP contribution in [0.25, 0.3) is 12.2 Å². The van der Waals surface area contributed by atoms with Crippen LogP contribution in [0.5, 0.6) is 0 Å². The summed E-state index contributed by atoms with van der Waals surface area (Å²) in [5.41, 5.74) is 0.865. The molecule has 2 aromatic rings. The van der Waals surface area contributed by atoms with Gasteiger partial charge in [0.1, 0.15) is 11.5 Å². The van der Waals surface area contributed by atoms with E-state index < -0.39 is 5.97 Å². The molecule has 0 saturated heterocycles. The van der Waals surface area contributed by atoms with E-state index in [-0.39, 0.29) is 11.5 Å². The molecule has 0 atom stereocenters. The Bertz CT molecular complexity index is 608. The smallest absolute Gasteiger partial charge is 0.354 e. The zero-order valence-electron chi connectivity index (χ0n) is 9.38. The molecule has 1 aromatic heterocycles. The quantitative estimate of drug-likeness (QED) is 0.901. The molecular weight excluding hydrogens is 233 g/mol. The highest BCUT2D eigenvalue weighted by Gasteiger charge is 2.03. The Morgan fingerprint density at radius 2 is 1.89 bits per heavy atom. The molecule has 0 aliphatic rings. The zero-order chi connectivity index (χ0) is 13.0. The zero-order valence-corrected chi connectivity index (χ0v) is 9.38. The second-order valence-electron chi connectivity index (χ2n) is 3.61. The summed E-state index contributed by atoms with van der Waals surface area (Å²) in [5, 5.41) is 8.79. The summed E-state index contributed by atoms with van der Waals surface area (Å²) >= 11 is 0. The van der Waals surface area contributed by atoms with Crippen molar-refractivity contribution in [2.24, 2.45) is 0 Å². The Kier molecular flexibility index (Phi) is 3.48. The minimum atomic E-state index is -1.09. The third kappa shape index (κ3) is 2.79. The lowest BCUT2D eigenvalue weighted by Crippen LogP contribution is -2.00. The van der Waals surface area contributed by atoms with Gasteiger partial charge in [-0.3, -0.25) is 0 Å². The number of hydrogen-bond donors (Lipinski definition) is 1. The Morgan fingerprint density at radius 3 is 2.61 bits per heavy atom. The second kappa shape index (κ2) is 5.23. The van der Waals surface area contributed by atoms with Gasteiger partial charge in [0.2, 0.25) is 0 Å². The molecule has 0 radical (unpaired) electrons. The van der Waals surface area contributed by atoms with Gasteiger partial charge in [-0.2, -0.15) is 0 Å². The number of benzene rings is 1. The first-order chi connectivity index (χ1) is 8.66. The third-order valence-corrected chi connectivity index (χ3v) is 2.33. The van der Waals surface area contributed by atoms with Crippen molar-refractivity contribution in [3.05, 3.63) is 65.2 Å². The van der Waals surface area contributed by atoms with Crippen LogP contribution in [0.2, 0.25) is 0 Å². The molecule has 0 fully saturated rings. The van der Waals surface area contributed by atoms with Gasteiger partial charge >= 0.3 is 5.97 Å². The van der Waals surface area contributed by atoms with E-state index in [9.17, 15) is 9.18 Å². The van der Waals surface area contributed by atoms with Gasteiger partial charge in [-0.15, -0.1) is 0 Å². The van der Waals surface area contributed by atoms with Crippen LogP contribution in [-0.2, 0) is 0 Å². The van der Waals surface area contributed by atoms with Crippen molar-refractivity contribution in [3.63, 3.8) is 0 Å². The summed E-state index contributed by atoms with van der Waals surface area (Å²) in [6.45, 7) is 0. The van der Waals surface area contributed by atoms with Gasteiger partial charge < -0.3 is 5.11 Å². The van der Waals surface area contributed by atoms with Gasteiger partial charge in [-0.05, 0) is 30.4 Å². The van der Waals surface area contributed by atoms with Crippen molar-refractivity contribution in [1.29, 1.82) is 0 Å². The van der Waals surface area contributed by atoms with Crippen molar-refractivity contribution in [2.75, 3.05) is 0 Å². The van der Waals surface area contributed by atoms with Crippen LogP contribution in [0.3, 0.4) is 0 Å². The summed E-state index contributed by atoms with van der Waals surface area (Å²) in [7, 11) is 0. The normalized spacial score (nSPS) is 10.7. The molecule has 0 unspecified atom stereocenters. The van der Waals surface area contributed by atoms with Gasteiger partial charge in [0, 0.05) is 5.56 Å². The molecule has 1 N–H and O–H groups in total. The molecule has 4 heteroatoms. The fraction of sp³-hybridized carbons (Fsp3) is 0. The predicted octanol–water partition coefficient (Wildman–Crippen LogP) is 3.09. The number of carbonyl (C=O) groups is 1. The molecule has 0 bridgehead atoms. The van der Waals surface area contributed by atoms with Gasteiger partial charge in [-0.1, -0.05) is 24.3 Å². The maximum atomic E-state index is 13.3. The van der Waals surface area contributed by atoms with Crippen molar-refractivity contribution in [3.8, 4) is 0 Å². The molecule has 0 aliphatic carbocycles. The van der Waals surface area contributed by atoms with Gasteiger partial charge in [0.15, 0.2) is 0 Å². The van der Waals surface area contributed by atoms with Crippen LogP contribution in [0.1, 0.15) is 21.7 Å². The summed E-state index contributed by atoms with van der Waals surface area (Å²) in [5.74, 6) is -1.42. The van der Waals surface area contributed by atoms with Gasteiger partial charge in [0.05, 0.1) is 5.69 Å². The lowest BCUT2D eigenvalue weighted by molar-refractivity contribution is 0.0690. The first kappa shape index (κ1) is 12.0. The van der Waals surface area contributed by atoms with Gasteiger partial charge in [0.25, 0.3) is 0 Å². The molecule has 0 spiro atoms. The summed E-state index contributed by atoms with van der Waals surface area (Å²) in [6.07, 6.45) is 3.13. The van der Waals surface area contributed by atoms with E-state index in [1.165, 1.54) is 12.1 Å². The summed E-state index contributed by atoms with van der Waals surface area (Å²) < 4.78 is 13.3. The highest BCUT2D eigenvalue weighted by Crippen LogP contribution is 2.11. The number of rotatable bonds is 3. The van der Waals surface area contributed by atoms with E-state index >= 15 is 0 Å². The fourth-order valence-electron chi connectivity index (χ4n) is 1.45. The third-order valence-electron chi connectivity index (χ3n) is 2.33. The number of aromatic carboxylic acids is 1. The van der Waals surface area contributed by atoms with Crippen molar-refractivity contribution in [1.82, 2.24) is 4.98 Å². The maximum absolute atomic E-state index is 13.3. The van der Waals surface area contributed by atoms with E-state index in [1.54, 1.807) is 42.5 Å². The molecule has 90 valence electrons. The number of carboxylic acids is 1. The fourth-order valence-corrected chi connectivity index (χ4v) is 1.45. The second-order valence-corrected chi connectivity index (χ2v) is 3.61. The van der Waals surface area contributed by atoms with Crippen LogP contribution in [0, 0.1) is 5.82 Å². The molecule has 2 rings (SSSR count). The molecule has 1 aromatic carbocycles. The highest BCUT2D eigenvalue weighted by atomic mass is 19.1. The monoisotopic (exact) mass is 243 g/mol. The van der Waals surface area contributed by atoms with Crippen LogP contribution in [0.15, 0.2) is 42.5 Å². The maximum Gasteiger partial charge on any atom is 0.354 e. The summed E-state index contributed by atoms with van der Waals surface area (Å²) in [6, 6.07) is 11.0. The van der Waals surface area contributed by atoms with Gasteiger partial charge in [-0.25, -0.2) is 14.2 Å². The van der Waals surface area contributed by atoms with E-state index in [0.717, 1.165) is 0 Å². The number of hydrogen-bond acceptors (Lipinski definition) is 2. The minimum absolute atomic E-state index is 0.0364. The average Bonchev–Trinajstić information content (AvgIpc) is 2.38. The van der Waals surface area contributed by atoms with E-state index in [4.69, 9.17) is 5.11 Å². The van der Waals surface area contributed by atoms with Crippen molar-refractivity contribution >= 4 is 18.1 Å². The lowest BCUT2D eigenvalue weighted by Gasteiger charge is -1.97. The molecule has 3 nitrogen and oxygen atoms in total. The largest absolute Gasteiger partial charge is 0.477 e. The number of halogens is 1. The molecule has 18 heavy (non-hydrogen) atoms. The van der Waals surface area contributed by atoms with E-state index in [0.29, 0.717) is 11.3 Å². The lowest BCUT2D eigenvalue weighted by atomic mass is 10.2. The Hall–Kier alpha value is -2.49.